The van der Waals surface area contributed by atoms with Crippen LogP contribution in [0.15, 0.2) is 84.2 Å². The predicted molar refractivity (Wildman–Crippen MR) is 136 cm³/mol. The molecule has 1 aliphatic heterocycles. The molecule has 180 valence electrons. The van der Waals surface area contributed by atoms with Crippen molar-refractivity contribution in [1.82, 2.24) is 14.5 Å². The van der Waals surface area contributed by atoms with Gasteiger partial charge in [0.2, 0.25) is 0 Å². The predicted octanol–water partition coefficient (Wildman–Crippen LogP) is 4.66. The number of halogens is 1. The van der Waals surface area contributed by atoms with Crippen LogP contribution in [0.5, 0.6) is 0 Å². The van der Waals surface area contributed by atoms with Gasteiger partial charge in [-0.2, -0.15) is 0 Å². The Bertz CT molecular complexity index is 1630. The molecule has 7 heteroatoms. The number of rotatable bonds is 4. The largest absolute Gasteiger partial charge is 0.389 e. The summed E-state index contributed by atoms with van der Waals surface area (Å²) in [5.74, 6) is -0.369. The number of nitrogens with zero attached hydrogens (tertiary/aromatic N) is 3. The number of ether oxygens (including phenoxy) is 1. The third kappa shape index (κ3) is 4.06. The molecule has 2 atom stereocenters. The van der Waals surface area contributed by atoms with E-state index in [1.54, 1.807) is 17.1 Å². The highest BCUT2D eigenvalue weighted by molar-refractivity contribution is 6.06. The normalized spacial score (nSPS) is 18.1. The van der Waals surface area contributed by atoms with Gasteiger partial charge < -0.3 is 9.84 Å². The molecule has 0 amide bonds. The van der Waals surface area contributed by atoms with Gasteiger partial charge in [0.15, 0.2) is 0 Å². The van der Waals surface area contributed by atoms with Crippen LogP contribution in [0, 0.1) is 5.82 Å². The minimum atomic E-state index is -0.748. The molecule has 0 saturated carbocycles. The van der Waals surface area contributed by atoms with Crippen LogP contribution in [0.25, 0.3) is 32.8 Å². The number of hydrogen-bond acceptors (Lipinski definition) is 5. The maximum atomic E-state index is 13.6. The monoisotopic (exact) mass is 481 g/mol. The number of aliphatic hydroxyl groups is 1. The van der Waals surface area contributed by atoms with Crippen LogP contribution in [0.4, 0.5) is 4.39 Å². The van der Waals surface area contributed by atoms with E-state index in [0.29, 0.717) is 30.4 Å². The molecular formula is C29H24FN3O3. The molecule has 36 heavy (non-hydrogen) atoms. The Morgan fingerprint density at radius 1 is 1.00 bits per heavy atom. The number of fused-ring (bicyclic) bond motifs is 3. The lowest BCUT2D eigenvalue weighted by atomic mass is 9.95. The maximum absolute atomic E-state index is 13.6. The first-order valence-corrected chi connectivity index (χ1v) is 12.0. The molecule has 0 aliphatic carbocycles. The highest BCUT2D eigenvalue weighted by Gasteiger charge is 2.27. The summed E-state index contributed by atoms with van der Waals surface area (Å²) in [4.78, 5) is 22.2. The van der Waals surface area contributed by atoms with Crippen molar-refractivity contribution in [3.63, 3.8) is 0 Å². The average molecular weight is 482 g/mol. The lowest BCUT2D eigenvalue weighted by Crippen LogP contribution is -2.39. The fourth-order valence-corrected chi connectivity index (χ4v) is 5.07. The second-order valence-electron chi connectivity index (χ2n) is 9.20. The summed E-state index contributed by atoms with van der Waals surface area (Å²) in [6.07, 6.45) is 4.81. The van der Waals surface area contributed by atoms with E-state index in [4.69, 9.17) is 4.74 Å². The SMILES string of the molecule is O=c1c2cc(Cc3ccc(-c4cncc(F)c4)cc3)c3ccccc3c2ncn1[C@H]1CCOC[C@@H]1O. The molecule has 6 nitrogen and oxygen atoms in total. The summed E-state index contributed by atoms with van der Waals surface area (Å²) in [6.45, 7) is 0.705. The fourth-order valence-electron chi connectivity index (χ4n) is 5.07. The molecule has 0 unspecified atom stereocenters. The molecule has 0 bridgehead atoms. The van der Waals surface area contributed by atoms with Gasteiger partial charge in [-0.15, -0.1) is 0 Å². The number of pyridine rings is 1. The van der Waals surface area contributed by atoms with Gasteiger partial charge in [-0.05, 0) is 47.1 Å². The van der Waals surface area contributed by atoms with Gasteiger partial charge in [-0.1, -0.05) is 48.5 Å². The van der Waals surface area contributed by atoms with Crippen LogP contribution in [0.3, 0.4) is 0 Å². The zero-order valence-electron chi connectivity index (χ0n) is 19.5. The van der Waals surface area contributed by atoms with Crippen molar-refractivity contribution in [3.8, 4) is 11.1 Å². The Labute approximate surface area is 206 Å². The molecular weight excluding hydrogens is 457 g/mol. The quantitative estimate of drug-likeness (QED) is 0.378. The highest BCUT2D eigenvalue weighted by Crippen LogP contribution is 2.29. The van der Waals surface area contributed by atoms with Gasteiger partial charge in [0.05, 0.1) is 42.2 Å². The average Bonchev–Trinajstić information content (AvgIpc) is 2.90. The summed E-state index contributed by atoms with van der Waals surface area (Å²) in [7, 11) is 0. The second-order valence-corrected chi connectivity index (χ2v) is 9.20. The van der Waals surface area contributed by atoms with Crippen LogP contribution >= 0.6 is 0 Å². The molecule has 1 fully saturated rings. The van der Waals surface area contributed by atoms with Crippen molar-refractivity contribution < 1.29 is 14.2 Å². The van der Waals surface area contributed by atoms with Crippen molar-refractivity contribution in [2.24, 2.45) is 0 Å². The van der Waals surface area contributed by atoms with Crippen LogP contribution in [-0.4, -0.2) is 39.0 Å². The second kappa shape index (κ2) is 9.26. The van der Waals surface area contributed by atoms with Gasteiger partial charge in [0, 0.05) is 23.8 Å². The number of benzene rings is 3. The lowest BCUT2D eigenvalue weighted by molar-refractivity contribution is -0.0395. The van der Waals surface area contributed by atoms with E-state index in [-0.39, 0.29) is 24.0 Å². The summed E-state index contributed by atoms with van der Waals surface area (Å²) >= 11 is 0. The highest BCUT2D eigenvalue weighted by atomic mass is 19.1. The zero-order chi connectivity index (χ0) is 24.6. The van der Waals surface area contributed by atoms with E-state index in [9.17, 15) is 14.3 Å². The van der Waals surface area contributed by atoms with E-state index in [1.165, 1.54) is 12.3 Å². The summed E-state index contributed by atoms with van der Waals surface area (Å²) in [5, 5.41) is 12.9. The van der Waals surface area contributed by atoms with Crippen LogP contribution < -0.4 is 5.56 Å². The molecule has 6 rings (SSSR count). The van der Waals surface area contributed by atoms with Gasteiger partial charge in [0.1, 0.15) is 5.82 Å². The van der Waals surface area contributed by atoms with E-state index in [1.807, 2.05) is 54.6 Å². The first-order chi connectivity index (χ1) is 17.6. The third-order valence-electron chi connectivity index (χ3n) is 6.91. The molecule has 1 aliphatic rings. The topological polar surface area (TPSA) is 77.2 Å². The van der Waals surface area contributed by atoms with Crippen molar-refractivity contribution in [2.75, 3.05) is 13.2 Å². The van der Waals surface area contributed by atoms with E-state index >= 15 is 0 Å². The van der Waals surface area contributed by atoms with Crippen LogP contribution in [0.2, 0.25) is 0 Å². The van der Waals surface area contributed by atoms with E-state index in [2.05, 4.69) is 9.97 Å². The molecule has 5 aromatic rings. The van der Waals surface area contributed by atoms with E-state index in [0.717, 1.165) is 33.0 Å². The Morgan fingerprint density at radius 3 is 2.58 bits per heavy atom. The van der Waals surface area contributed by atoms with Gasteiger partial charge >= 0.3 is 0 Å². The van der Waals surface area contributed by atoms with Crippen molar-refractivity contribution in [3.05, 3.63) is 107 Å². The maximum Gasteiger partial charge on any atom is 0.261 e. The Kier molecular flexibility index (Phi) is 5.79. The standard InChI is InChI=1S/C29H24FN3O3/c30-22-12-21(14-31-15-22)19-7-5-18(6-8-19)11-20-13-25-28(24-4-2-1-3-23(20)24)32-17-33(29(25)35)26-9-10-36-16-27(26)34/h1-8,12-15,17,26-27,34H,9-11,16H2/t26-,27-/m0/s1. The summed E-state index contributed by atoms with van der Waals surface area (Å²) in [5.41, 5.74) is 4.19. The molecule has 0 radical (unpaired) electrons. The molecule has 3 aromatic carbocycles. The van der Waals surface area contributed by atoms with Crippen LogP contribution in [0.1, 0.15) is 23.6 Å². The van der Waals surface area contributed by atoms with Gasteiger partial charge in [-0.25, -0.2) is 9.37 Å². The zero-order valence-corrected chi connectivity index (χ0v) is 19.5. The van der Waals surface area contributed by atoms with Crippen molar-refractivity contribution in [1.29, 1.82) is 0 Å². The van der Waals surface area contributed by atoms with Gasteiger partial charge in [0.25, 0.3) is 5.56 Å². The smallest absolute Gasteiger partial charge is 0.261 e. The minimum absolute atomic E-state index is 0.160. The number of aliphatic hydroxyl groups excluding tert-OH is 1. The van der Waals surface area contributed by atoms with Crippen molar-refractivity contribution >= 4 is 21.7 Å². The van der Waals surface area contributed by atoms with Crippen molar-refractivity contribution in [2.45, 2.75) is 25.0 Å². The third-order valence-corrected chi connectivity index (χ3v) is 6.91. The molecule has 1 saturated heterocycles. The first-order valence-electron chi connectivity index (χ1n) is 12.0. The molecule has 1 N–H and O–H groups in total. The lowest BCUT2D eigenvalue weighted by Gasteiger charge is -2.29. The van der Waals surface area contributed by atoms with Crippen LogP contribution in [-0.2, 0) is 11.2 Å². The summed E-state index contributed by atoms with van der Waals surface area (Å²) < 4.78 is 20.5. The summed E-state index contributed by atoms with van der Waals surface area (Å²) in [6, 6.07) is 18.9. The number of hydrogen-bond donors (Lipinski definition) is 1. The van der Waals surface area contributed by atoms with Gasteiger partial charge in [-0.3, -0.25) is 14.3 Å². The Balaban J connectivity index is 1.42. The Morgan fingerprint density at radius 2 is 1.81 bits per heavy atom. The molecule has 3 heterocycles. The molecule has 0 spiro atoms. The number of aromatic nitrogens is 3. The van der Waals surface area contributed by atoms with E-state index < -0.39 is 6.10 Å². The fraction of sp³-hybridized carbons (Fsp3) is 0.207. The Hall–Kier alpha value is -3.94. The minimum Gasteiger partial charge on any atom is -0.389 e. The first kappa shape index (κ1) is 22.5. The molecule has 2 aromatic heterocycles.